The smallest absolute Gasteiger partial charge is 0 e. The molecule has 0 atom stereocenters. The summed E-state index contributed by atoms with van der Waals surface area (Å²) in [5, 5.41) is 0. The van der Waals surface area contributed by atoms with Crippen LogP contribution in [0.5, 0.6) is 0 Å². The standard InChI is InChI=1S/C18H24.Li/c1-12-8-13-10-15-16(11-14(13)9-12)18(4,5)7-6-17(15,2)3;/h8,10-11H,6-7,9H2,1-5H3;. The van der Waals surface area contributed by atoms with Crippen molar-refractivity contribution in [3.63, 3.8) is 0 Å². The Hall–Kier alpha value is -0.443. The SMILES string of the molecule is CC1=Cc2cc3c(cc2C1)C(C)(C)CCC3(C)C.[Li]. The topological polar surface area (TPSA) is 0 Å². The Bertz CT molecular complexity index is 547. The summed E-state index contributed by atoms with van der Waals surface area (Å²) in [6, 6.07) is 4.97. The molecule has 19 heavy (non-hydrogen) atoms. The van der Waals surface area contributed by atoms with Gasteiger partial charge in [0.2, 0.25) is 0 Å². The predicted octanol–water partition coefficient (Wildman–Crippen LogP) is 4.61. The maximum Gasteiger partial charge on any atom is 0 e. The van der Waals surface area contributed by atoms with Gasteiger partial charge < -0.3 is 0 Å². The Morgan fingerprint density at radius 3 is 2.00 bits per heavy atom. The minimum absolute atomic E-state index is 0. The average Bonchev–Trinajstić information content (AvgIpc) is 2.62. The maximum absolute atomic E-state index is 2.50. The number of rotatable bonds is 0. The predicted molar refractivity (Wildman–Crippen MR) is 84.8 cm³/mol. The normalized spacial score (nSPS) is 22.1. The van der Waals surface area contributed by atoms with Crippen LogP contribution in [0, 0.1) is 0 Å². The van der Waals surface area contributed by atoms with Crippen LogP contribution in [0.25, 0.3) is 6.08 Å². The van der Waals surface area contributed by atoms with Gasteiger partial charge in [-0.2, -0.15) is 0 Å². The fraction of sp³-hybridized carbons (Fsp3) is 0.556. The first-order chi connectivity index (χ1) is 8.29. The molecule has 0 bridgehead atoms. The minimum Gasteiger partial charge on any atom is -0.0683 e. The van der Waals surface area contributed by atoms with Crippen molar-refractivity contribution in [2.24, 2.45) is 0 Å². The summed E-state index contributed by atoms with van der Waals surface area (Å²) in [6.45, 7) is 11.9. The van der Waals surface area contributed by atoms with E-state index in [0.717, 1.165) is 6.42 Å². The zero-order valence-corrected chi connectivity index (χ0v) is 13.4. The first kappa shape index (κ1) is 15.0. The molecule has 1 aromatic rings. The molecule has 0 unspecified atom stereocenters. The zero-order chi connectivity index (χ0) is 13.1. The van der Waals surface area contributed by atoms with Gasteiger partial charge in [-0.25, -0.2) is 0 Å². The van der Waals surface area contributed by atoms with E-state index >= 15 is 0 Å². The molecule has 3 rings (SSSR count). The largest absolute Gasteiger partial charge is 0.0683 e. The second-order valence-corrected chi connectivity index (χ2v) is 7.53. The van der Waals surface area contributed by atoms with Crippen molar-refractivity contribution in [2.45, 2.75) is 64.7 Å². The van der Waals surface area contributed by atoms with Crippen LogP contribution in [0.2, 0.25) is 0 Å². The number of fused-ring (bicyclic) bond motifs is 2. The zero-order valence-electron chi connectivity index (χ0n) is 13.4. The van der Waals surface area contributed by atoms with E-state index in [0.29, 0.717) is 10.8 Å². The Labute approximate surface area is 129 Å². The van der Waals surface area contributed by atoms with Crippen molar-refractivity contribution >= 4 is 24.9 Å². The van der Waals surface area contributed by atoms with E-state index in [4.69, 9.17) is 0 Å². The van der Waals surface area contributed by atoms with Gasteiger partial charge in [0, 0.05) is 18.9 Å². The van der Waals surface area contributed by atoms with Crippen LogP contribution in [0.4, 0.5) is 0 Å². The van der Waals surface area contributed by atoms with Crippen molar-refractivity contribution < 1.29 is 0 Å². The molecule has 0 aliphatic heterocycles. The minimum atomic E-state index is 0. The van der Waals surface area contributed by atoms with Crippen molar-refractivity contribution in [1.82, 2.24) is 0 Å². The van der Waals surface area contributed by atoms with E-state index in [2.05, 4.69) is 52.8 Å². The Kier molecular flexibility index (Phi) is 3.57. The van der Waals surface area contributed by atoms with Crippen LogP contribution in [0.1, 0.15) is 69.7 Å². The monoisotopic (exact) mass is 247 g/mol. The molecule has 0 spiro atoms. The van der Waals surface area contributed by atoms with E-state index in [1.165, 1.54) is 29.5 Å². The summed E-state index contributed by atoms with van der Waals surface area (Å²) in [5.74, 6) is 0. The van der Waals surface area contributed by atoms with Crippen LogP contribution in [-0.4, -0.2) is 18.9 Å². The number of hydrogen-bond donors (Lipinski definition) is 0. The molecule has 97 valence electrons. The number of hydrogen-bond acceptors (Lipinski definition) is 0. The number of allylic oxidation sites excluding steroid dienone is 1. The molecule has 0 fully saturated rings. The van der Waals surface area contributed by atoms with Gasteiger partial charge in [0.1, 0.15) is 0 Å². The van der Waals surface area contributed by atoms with Crippen molar-refractivity contribution in [3.8, 4) is 0 Å². The Balaban J connectivity index is 0.00000133. The van der Waals surface area contributed by atoms with E-state index in [1.807, 2.05) is 0 Å². The van der Waals surface area contributed by atoms with Gasteiger partial charge in [-0.05, 0) is 59.3 Å². The Morgan fingerprint density at radius 1 is 0.895 bits per heavy atom. The summed E-state index contributed by atoms with van der Waals surface area (Å²) in [7, 11) is 0. The third-order valence-corrected chi connectivity index (χ3v) is 4.98. The quantitative estimate of drug-likeness (QED) is 0.587. The molecule has 0 amide bonds. The maximum atomic E-state index is 2.50. The van der Waals surface area contributed by atoms with Crippen LogP contribution in [-0.2, 0) is 17.3 Å². The molecule has 1 aromatic carbocycles. The van der Waals surface area contributed by atoms with Crippen LogP contribution < -0.4 is 0 Å². The summed E-state index contributed by atoms with van der Waals surface area (Å²) in [4.78, 5) is 0. The average molecular weight is 247 g/mol. The second-order valence-electron chi connectivity index (χ2n) is 7.53. The van der Waals surface area contributed by atoms with Crippen molar-refractivity contribution in [3.05, 3.63) is 40.0 Å². The molecule has 1 radical (unpaired) electrons. The third kappa shape index (κ3) is 2.35. The van der Waals surface area contributed by atoms with Crippen LogP contribution in [0.3, 0.4) is 0 Å². The van der Waals surface area contributed by atoms with Gasteiger partial charge in [0.15, 0.2) is 0 Å². The van der Waals surface area contributed by atoms with Gasteiger partial charge in [0.05, 0.1) is 0 Å². The molecule has 0 saturated carbocycles. The summed E-state index contributed by atoms with van der Waals surface area (Å²) in [5.41, 5.74) is 8.38. The molecule has 0 N–H and O–H groups in total. The summed E-state index contributed by atoms with van der Waals surface area (Å²) < 4.78 is 0. The Morgan fingerprint density at radius 2 is 1.42 bits per heavy atom. The molecule has 2 aliphatic rings. The first-order valence-corrected chi connectivity index (χ1v) is 7.15. The number of benzene rings is 1. The molecule has 0 heterocycles. The summed E-state index contributed by atoms with van der Waals surface area (Å²) >= 11 is 0. The van der Waals surface area contributed by atoms with Crippen LogP contribution in [0.15, 0.2) is 17.7 Å². The third-order valence-electron chi connectivity index (χ3n) is 4.98. The van der Waals surface area contributed by atoms with Gasteiger partial charge in [-0.15, -0.1) is 0 Å². The van der Waals surface area contributed by atoms with Gasteiger partial charge in [-0.3, -0.25) is 0 Å². The molecule has 2 aliphatic carbocycles. The molecule has 1 heteroatoms. The van der Waals surface area contributed by atoms with Crippen molar-refractivity contribution in [1.29, 1.82) is 0 Å². The van der Waals surface area contributed by atoms with E-state index in [9.17, 15) is 0 Å². The van der Waals surface area contributed by atoms with Gasteiger partial charge >= 0.3 is 0 Å². The first-order valence-electron chi connectivity index (χ1n) is 7.15. The van der Waals surface area contributed by atoms with Crippen LogP contribution >= 0.6 is 0 Å². The molecule has 0 saturated heterocycles. The van der Waals surface area contributed by atoms with Gasteiger partial charge in [0.25, 0.3) is 0 Å². The van der Waals surface area contributed by atoms with E-state index in [1.54, 1.807) is 11.1 Å². The molecule has 0 aromatic heterocycles. The summed E-state index contributed by atoms with van der Waals surface area (Å²) in [6.07, 6.45) is 6.12. The molecule has 0 nitrogen and oxygen atoms in total. The van der Waals surface area contributed by atoms with Gasteiger partial charge in [-0.1, -0.05) is 51.5 Å². The van der Waals surface area contributed by atoms with E-state index in [-0.39, 0.29) is 18.9 Å². The molecular formula is C18H24Li. The second kappa shape index (κ2) is 4.54. The van der Waals surface area contributed by atoms with Crippen molar-refractivity contribution in [2.75, 3.05) is 0 Å². The molecular weight excluding hydrogens is 223 g/mol. The fourth-order valence-electron chi connectivity index (χ4n) is 3.58. The fourth-order valence-corrected chi connectivity index (χ4v) is 3.58. The van der Waals surface area contributed by atoms with E-state index < -0.39 is 0 Å².